The van der Waals surface area contributed by atoms with Gasteiger partial charge in [-0.15, -0.1) is 0 Å². The maximum atomic E-state index is 14.2. The van der Waals surface area contributed by atoms with Crippen LogP contribution in [0.25, 0.3) is 0 Å². The van der Waals surface area contributed by atoms with Gasteiger partial charge in [0.25, 0.3) is 0 Å². The van der Waals surface area contributed by atoms with Crippen molar-refractivity contribution in [2.45, 2.75) is 223 Å². The second-order valence-electron chi connectivity index (χ2n) is 19.4. The Bertz CT molecular complexity index is 1460. The molecule has 0 aromatic heterocycles. The Balaban J connectivity index is 5.89. The monoisotopic (exact) mass is 1030 g/mol. The quantitative estimate of drug-likeness (QED) is 0.0389. The lowest BCUT2D eigenvalue weighted by Gasteiger charge is -2.23. The van der Waals surface area contributed by atoms with Gasteiger partial charge in [-0.3, -0.25) is 33.6 Å². The molecule has 0 saturated carbocycles. The third kappa shape index (κ3) is 35.8. The van der Waals surface area contributed by atoms with Gasteiger partial charge in [0.1, 0.15) is 23.4 Å². The molecule has 0 bridgehead atoms. The molecule has 0 spiro atoms. The third-order valence-corrected chi connectivity index (χ3v) is 13.0. The molecule has 3 amide bonds. The highest BCUT2D eigenvalue weighted by Crippen LogP contribution is 2.21. The molecule has 0 aliphatic heterocycles. The molecule has 0 fully saturated rings. The first-order valence-electron chi connectivity index (χ1n) is 27.6. The summed E-state index contributed by atoms with van der Waals surface area (Å²) in [4.78, 5) is 93.2. The van der Waals surface area contributed by atoms with Crippen molar-refractivity contribution < 1.29 is 43.0 Å². The van der Waals surface area contributed by atoms with Gasteiger partial charge in [0, 0.05) is 51.4 Å². The van der Waals surface area contributed by atoms with Crippen molar-refractivity contribution >= 4 is 40.9 Å². The van der Waals surface area contributed by atoms with Crippen LogP contribution in [0.1, 0.15) is 187 Å². The van der Waals surface area contributed by atoms with E-state index >= 15 is 0 Å². The highest BCUT2D eigenvalue weighted by molar-refractivity contribution is 5.94. The van der Waals surface area contributed by atoms with Crippen LogP contribution in [-0.2, 0) is 43.0 Å². The number of nitrogens with two attached hydrogens (primary N) is 8. The molecule has 0 heterocycles. The first kappa shape index (κ1) is 68.7. The first-order valence-corrected chi connectivity index (χ1v) is 27.6. The Hall–Kier alpha value is -3.31. The van der Waals surface area contributed by atoms with Gasteiger partial charge < -0.3 is 71.3 Å². The summed E-state index contributed by atoms with van der Waals surface area (Å²) in [6.45, 7) is 6.00. The molecule has 20 heteroatoms. The summed E-state index contributed by atoms with van der Waals surface area (Å²) in [5, 5.41) is 8.66. The van der Waals surface area contributed by atoms with Crippen molar-refractivity contribution in [3.05, 3.63) is 0 Å². The van der Waals surface area contributed by atoms with Gasteiger partial charge in [-0.1, -0.05) is 57.8 Å². The van der Waals surface area contributed by atoms with Crippen LogP contribution in [0, 0.1) is 5.92 Å². The Morgan fingerprint density at radius 2 is 0.806 bits per heavy atom. The molecule has 420 valence electrons. The number of hydrogen-bond donors (Lipinski definition) is 11. The van der Waals surface area contributed by atoms with Crippen LogP contribution in [0.15, 0.2) is 0 Å². The Labute approximate surface area is 432 Å². The molecular formula is C52H103N11O9. The molecule has 20 nitrogen and oxygen atoms in total. The van der Waals surface area contributed by atoms with E-state index in [0.717, 1.165) is 32.1 Å². The van der Waals surface area contributed by atoms with Crippen LogP contribution >= 0.6 is 0 Å². The summed E-state index contributed by atoms with van der Waals surface area (Å²) in [6, 6.07) is -4.40. The fourth-order valence-corrected chi connectivity index (χ4v) is 8.31. The van der Waals surface area contributed by atoms with Crippen molar-refractivity contribution in [3.63, 3.8) is 0 Å². The molecule has 0 radical (unpaired) electrons. The average Bonchev–Trinajstić information content (AvgIpc) is 3.36. The lowest BCUT2D eigenvalue weighted by Crippen LogP contribution is -2.51. The molecule has 7 atom stereocenters. The summed E-state index contributed by atoms with van der Waals surface area (Å²) in [6.07, 6.45) is 14.9. The topological polar surface area (TPSA) is 382 Å². The number of nitrogens with one attached hydrogen (secondary N) is 3. The van der Waals surface area contributed by atoms with Crippen molar-refractivity contribution in [1.29, 1.82) is 0 Å². The zero-order valence-electron chi connectivity index (χ0n) is 44.5. The number of ether oxygens (including phenoxy) is 2. The molecule has 72 heavy (non-hydrogen) atoms. The summed E-state index contributed by atoms with van der Waals surface area (Å²) < 4.78 is 11.0. The standard InChI is InChI=1S/C52H103N11O9/c1-2-71-36-37-72-35-19-29-46(64)39(38-49(67)44(62-50(68)42(59)23-11-16-32-55)25-5-3-7-27-47(65)40(57)21-9-14-30-53)20-13-18-34-61-52(70)45(63-51(69)43(60)24-12-17-33-56)26-6-4-8-28-48(66)41(58)22-10-15-31-54/h39-45H,2-38,53-60H2,1H3,(H,61,70)(H,62,68)(H,63,69). The highest BCUT2D eigenvalue weighted by atomic mass is 16.5. The first-order chi connectivity index (χ1) is 34.7. The number of hydrogen-bond acceptors (Lipinski definition) is 17. The van der Waals surface area contributed by atoms with Gasteiger partial charge in [0.15, 0.2) is 5.78 Å². The van der Waals surface area contributed by atoms with Crippen molar-refractivity contribution in [3.8, 4) is 0 Å². The Morgan fingerprint density at radius 3 is 1.29 bits per heavy atom. The summed E-state index contributed by atoms with van der Waals surface area (Å²) >= 11 is 0. The van der Waals surface area contributed by atoms with E-state index in [0.29, 0.717) is 187 Å². The molecule has 0 rings (SSSR count). The summed E-state index contributed by atoms with van der Waals surface area (Å²) in [5.41, 5.74) is 47.0. The molecule has 0 aliphatic rings. The average molecular weight is 1030 g/mol. The third-order valence-electron chi connectivity index (χ3n) is 13.0. The van der Waals surface area contributed by atoms with Crippen molar-refractivity contribution in [2.75, 3.05) is 59.2 Å². The summed E-state index contributed by atoms with van der Waals surface area (Å²) in [7, 11) is 0. The maximum Gasteiger partial charge on any atom is 0.242 e. The van der Waals surface area contributed by atoms with Gasteiger partial charge in [-0.05, 0) is 129 Å². The lowest BCUT2D eigenvalue weighted by molar-refractivity contribution is -0.131. The van der Waals surface area contributed by atoms with Crippen LogP contribution in [-0.4, -0.2) is 136 Å². The van der Waals surface area contributed by atoms with E-state index < -0.39 is 54.0 Å². The number of ketones is 4. The normalized spacial score (nSPS) is 14.4. The number of carbonyl (C=O) groups excluding carboxylic acids is 7. The lowest BCUT2D eigenvalue weighted by atomic mass is 9.87. The Kier molecular flexibility index (Phi) is 44.1. The molecular weight excluding hydrogens is 923 g/mol. The number of unbranched alkanes of at least 4 members (excludes halogenated alkanes) is 9. The van der Waals surface area contributed by atoms with Gasteiger partial charge in [-0.25, -0.2) is 0 Å². The minimum atomic E-state index is -0.880. The molecule has 19 N–H and O–H groups in total. The fraction of sp³-hybridized carbons (Fsp3) is 0.865. The second-order valence-corrected chi connectivity index (χ2v) is 19.4. The Morgan fingerprint density at radius 1 is 0.389 bits per heavy atom. The fourth-order valence-electron chi connectivity index (χ4n) is 8.31. The SMILES string of the molecule is CCOCCOCCCC(=O)C(CCCCNC(=O)C(CCCCCC(=O)C(N)CCCCN)NC(=O)C(N)CCCCN)CC(=O)C(CCCCCC(=O)C(N)CCCCN)NC(=O)C(N)CCCCN. The largest absolute Gasteiger partial charge is 0.379 e. The van der Waals surface area contributed by atoms with E-state index in [1.165, 1.54) is 0 Å². The predicted octanol–water partition coefficient (Wildman–Crippen LogP) is 2.08. The molecule has 0 aromatic rings. The zero-order chi connectivity index (χ0) is 53.8. The number of Topliss-reactive ketones (excluding diaryl/α,β-unsaturated/α-hetero) is 4. The van der Waals surface area contributed by atoms with Crippen LogP contribution < -0.4 is 61.8 Å². The number of rotatable bonds is 52. The van der Waals surface area contributed by atoms with Gasteiger partial charge in [0.2, 0.25) is 17.7 Å². The number of carbonyl (C=O) groups is 7. The van der Waals surface area contributed by atoms with Gasteiger partial charge >= 0.3 is 0 Å². The zero-order valence-corrected chi connectivity index (χ0v) is 44.5. The molecule has 0 aromatic carbocycles. The molecule has 7 unspecified atom stereocenters. The smallest absolute Gasteiger partial charge is 0.242 e. The van der Waals surface area contributed by atoms with E-state index in [-0.39, 0.29) is 48.4 Å². The van der Waals surface area contributed by atoms with Gasteiger partial charge in [-0.2, -0.15) is 0 Å². The van der Waals surface area contributed by atoms with E-state index in [2.05, 4.69) is 16.0 Å². The van der Waals surface area contributed by atoms with Crippen LogP contribution in [0.2, 0.25) is 0 Å². The van der Waals surface area contributed by atoms with E-state index in [4.69, 9.17) is 55.3 Å². The van der Waals surface area contributed by atoms with E-state index in [1.54, 1.807) is 0 Å². The minimum absolute atomic E-state index is 0.00230. The van der Waals surface area contributed by atoms with E-state index in [1.807, 2.05) is 6.92 Å². The highest BCUT2D eigenvalue weighted by Gasteiger charge is 2.29. The predicted molar refractivity (Wildman–Crippen MR) is 285 cm³/mol. The van der Waals surface area contributed by atoms with Gasteiger partial charge in [0.05, 0.1) is 43.4 Å². The van der Waals surface area contributed by atoms with Crippen molar-refractivity contribution in [1.82, 2.24) is 16.0 Å². The van der Waals surface area contributed by atoms with Crippen LogP contribution in [0.3, 0.4) is 0 Å². The maximum absolute atomic E-state index is 14.2. The van der Waals surface area contributed by atoms with Crippen LogP contribution in [0.5, 0.6) is 0 Å². The minimum Gasteiger partial charge on any atom is -0.379 e. The van der Waals surface area contributed by atoms with Crippen LogP contribution in [0.4, 0.5) is 0 Å². The van der Waals surface area contributed by atoms with E-state index in [9.17, 15) is 33.6 Å². The molecule has 0 aliphatic carbocycles. The molecule has 0 saturated heterocycles. The number of amides is 3. The summed E-state index contributed by atoms with van der Waals surface area (Å²) in [5.74, 6) is -2.25. The van der Waals surface area contributed by atoms with Crippen molar-refractivity contribution in [2.24, 2.45) is 51.8 Å². The second kappa shape index (κ2) is 46.2.